The molecular formula is C11H12N2. The molecule has 0 amide bonds. The van der Waals surface area contributed by atoms with Crippen LogP contribution in [0.25, 0.3) is 0 Å². The van der Waals surface area contributed by atoms with Crippen LogP contribution in [0, 0.1) is 5.41 Å². The zero-order valence-electron chi connectivity index (χ0n) is 7.35. The van der Waals surface area contributed by atoms with Crippen LogP contribution in [-0.4, -0.2) is 12.4 Å². The fraction of sp³-hybridized carbons (Fsp3) is 0.0909. The van der Waals surface area contributed by atoms with Gasteiger partial charge >= 0.3 is 0 Å². The highest BCUT2D eigenvalue weighted by atomic mass is 14.7. The number of hydrogen-bond donors (Lipinski definition) is 1. The first-order valence-corrected chi connectivity index (χ1v) is 4.16. The first-order chi connectivity index (χ1) is 6.43. The van der Waals surface area contributed by atoms with Crippen molar-refractivity contribution in [3.8, 4) is 0 Å². The molecule has 0 saturated heterocycles. The summed E-state index contributed by atoms with van der Waals surface area (Å²) in [6.07, 6.45) is 7.49. The first-order valence-electron chi connectivity index (χ1n) is 4.16. The number of hydrogen-bond acceptors (Lipinski definition) is 2. The van der Waals surface area contributed by atoms with Crippen molar-refractivity contribution in [3.63, 3.8) is 0 Å². The van der Waals surface area contributed by atoms with Gasteiger partial charge in [0.2, 0.25) is 0 Å². The van der Waals surface area contributed by atoms with Gasteiger partial charge in [0.1, 0.15) is 0 Å². The molecule has 1 aromatic rings. The van der Waals surface area contributed by atoms with Gasteiger partial charge in [-0.2, -0.15) is 0 Å². The molecule has 0 aliphatic carbocycles. The third-order valence-electron chi connectivity index (χ3n) is 1.46. The van der Waals surface area contributed by atoms with E-state index >= 15 is 0 Å². The van der Waals surface area contributed by atoms with Crippen molar-refractivity contribution in [2.24, 2.45) is 4.99 Å². The van der Waals surface area contributed by atoms with E-state index in [1.54, 1.807) is 6.21 Å². The van der Waals surface area contributed by atoms with Gasteiger partial charge in [-0.05, 0) is 24.4 Å². The Kier molecular flexibility index (Phi) is 4.25. The molecule has 66 valence electrons. The van der Waals surface area contributed by atoms with Gasteiger partial charge in [-0.3, -0.25) is 4.99 Å². The minimum atomic E-state index is 0.667. The van der Waals surface area contributed by atoms with Gasteiger partial charge in [0.05, 0.1) is 5.69 Å². The molecule has 1 rings (SSSR count). The van der Waals surface area contributed by atoms with Gasteiger partial charge < -0.3 is 5.41 Å². The van der Waals surface area contributed by atoms with Crippen molar-refractivity contribution in [3.05, 3.63) is 42.5 Å². The van der Waals surface area contributed by atoms with E-state index in [0.717, 1.165) is 5.69 Å². The van der Waals surface area contributed by atoms with E-state index in [0.29, 0.717) is 6.42 Å². The van der Waals surface area contributed by atoms with Crippen LogP contribution in [-0.2, 0) is 0 Å². The monoisotopic (exact) mass is 172 g/mol. The van der Waals surface area contributed by atoms with E-state index in [-0.39, 0.29) is 0 Å². The maximum Gasteiger partial charge on any atom is 0.0629 e. The number of aliphatic imine (C=N–C) groups is 1. The summed E-state index contributed by atoms with van der Waals surface area (Å²) in [5.74, 6) is 0. The Balaban J connectivity index is 2.45. The van der Waals surface area contributed by atoms with Gasteiger partial charge in [0.15, 0.2) is 0 Å². The lowest BCUT2D eigenvalue weighted by atomic mass is 10.3. The summed E-state index contributed by atoms with van der Waals surface area (Å²) < 4.78 is 0. The lowest BCUT2D eigenvalue weighted by Gasteiger charge is -1.87. The van der Waals surface area contributed by atoms with Crippen LogP contribution in [0.5, 0.6) is 0 Å². The summed E-state index contributed by atoms with van der Waals surface area (Å²) in [7, 11) is 0. The predicted molar refractivity (Wildman–Crippen MR) is 57.1 cm³/mol. The Labute approximate surface area is 78.1 Å². The molecule has 0 fully saturated rings. The molecule has 2 nitrogen and oxygen atoms in total. The van der Waals surface area contributed by atoms with E-state index < -0.39 is 0 Å². The second-order valence-electron chi connectivity index (χ2n) is 2.48. The van der Waals surface area contributed by atoms with Crippen LogP contribution >= 0.6 is 0 Å². The summed E-state index contributed by atoms with van der Waals surface area (Å²) in [6, 6.07) is 9.76. The number of para-hydroxylation sites is 1. The van der Waals surface area contributed by atoms with E-state index in [9.17, 15) is 0 Å². The smallest absolute Gasteiger partial charge is 0.0629 e. The summed E-state index contributed by atoms with van der Waals surface area (Å²) in [5.41, 5.74) is 0.946. The second kappa shape index (κ2) is 5.89. The summed E-state index contributed by atoms with van der Waals surface area (Å²) in [5, 5.41) is 6.78. The normalized spacial score (nSPS) is 11.1. The van der Waals surface area contributed by atoms with Crippen LogP contribution in [0.2, 0.25) is 0 Å². The Hall–Kier alpha value is -1.70. The summed E-state index contributed by atoms with van der Waals surface area (Å²) >= 11 is 0. The van der Waals surface area contributed by atoms with Crippen molar-refractivity contribution >= 4 is 18.1 Å². The second-order valence-corrected chi connectivity index (χ2v) is 2.48. The van der Waals surface area contributed by atoms with E-state index in [4.69, 9.17) is 5.41 Å². The minimum Gasteiger partial charge on any atom is -0.313 e. The third-order valence-corrected chi connectivity index (χ3v) is 1.46. The third kappa shape index (κ3) is 4.01. The molecule has 0 spiro atoms. The Morgan fingerprint density at radius 2 is 2.00 bits per heavy atom. The first kappa shape index (κ1) is 9.39. The largest absolute Gasteiger partial charge is 0.313 e. The molecule has 2 heteroatoms. The van der Waals surface area contributed by atoms with Crippen molar-refractivity contribution in [1.29, 1.82) is 5.41 Å². The SMILES string of the molecule is N=CCC=CC=Nc1ccccc1. The molecule has 0 atom stereocenters. The molecular weight excluding hydrogens is 160 g/mol. The van der Waals surface area contributed by atoms with Crippen molar-refractivity contribution < 1.29 is 0 Å². The van der Waals surface area contributed by atoms with Gasteiger partial charge in [0, 0.05) is 12.6 Å². The summed E-state index contributed by atoms with van der Waals surface area (Å²) in [6.45, 7) is 0. The van der Waals surface area contributed by atoms with Crippen molar-refractivity contribution in [2.75, 3.05) is 0 Å². The molecule has 0 aliphatic rings. The van der Waals surface area contributed by atoms with E-state index in [1.165, 1.54) is 6.21 Å². The minimum absolute atomic E-state index is 0.667. The molecule has 1 aromatic carbocycles. The molecule has 0 heterocycles. The molecule has 13 heavy (non-hydrogen) atoms. The van der Waals surface area contributed by atoms with Crippen molar-refractivity contribution in [2.45, 2.75) is 6.42 Å². The molecule has 0 bridgehead atoms. The van der Waals surface area contributed by atoms with Crippen LogP contribution < -0.4 is 0 Å². The number of nitrogens with one attached hydrogen (secondary N) is 1. The van der Waals surface area contributed by atoms with Crippen molar-refractivity contribution in [1.82, 2.24) is 0 Å². The highest BCUT2D eigenvalue weighted by Crippen LogP contribution is 2.07. The Morgan fingerprint density at radius 3 is 2.69 bits per heavy atom. The Bertz CT molecular complexity index is 299. The quantitative estimate of drug-likeness (QED) is 0.678. The maximum absolute atomic E-state index is 6.78. The highest BCUT2D eigenvalue weighted by molar-refractivity contribution is 5.75. The van der Waals surface area contributed by atoms with Gasteiger partial charge in [-0.1, -0.05) is 24.3 Å². The molecule has 0 unspecified atom stereocenters. The van der Waals surface area contributed by atoms with Crippen LogP contribution in [0.3, 0.4) is 0 Å². The van der Waals surface area contributed by atoms with Gasteiger partial charge in [0.25, 0.3) is 0 Å². The van der Waals surface area contributed by atoms with Crippen LogP contribution in [0.4, 0.5) is 5.69 Å². The highest BCUT2D eigenvalue weighted by Gasteiger charge is 1.80. The van der Waals surface area contributed by atoms with E-state index in [2.05, 4.69) is 4.99 Å². The number of rotatable bonds is 4. The standard InChI is InChI=1S/C11H12N2/c12-9-5-2-6-10-13-11-7-3-1-4-8-11/h1-4,6-10,12H,5H2. The fourth-order valence-corrected chi connectivity index (χ4v) is 0.851. The molecule has 1 N–H and O–H groups in total. The molecule has 0 saturated carbocycles. The lowest BCUT2D eigenvalue weighted by molar-refractivity contribution is 1.44. The Morgan fingerprint density at radius 1 is 1.23 bits per heavy atom. The van der Waals surface area contributed by atoms with E-state index in [1.807, 2.05) is 42.5 Å². The molecule has 0 aromatic heterocycles. The number of benzene rings is 1. The average molecular weight is 172 g/mol. The molecule has 0 radical (unpaired) electrons. The lowest BCUT2D eigenvalue weighted by Crippen LogP contribution is -1.68. The average Bonchev–Trinajstić information content (AvgIpc) is 2.19. The number of allylic oxidation sites excluding steroid dienone is 2. The topological polar surface area (TPSA) is 36.2 Å². The summed E-state index contributed by atoms with van der Waals surface area (Å²) in [4.78, 5) is 4.19. The predicted octanol–water partition coefficient (Wildman–Crippen LogP) is 2.98. The van der Waals surface area contributed by atoms with Crippen LogP contribution in [0.15, 0.2) is 47.5 Å². The maximum atomic E-state index is 6.78. The number of nitrogens with zero attached hydrogens (tertiary/aromatic N) is 1. The molecule has 0 aliphatic heterocycles. The zero-order chi connectivity index (χ0) is 9.36. The van der Waals surface area contributed by atoms with Crippen LogP contribution in [0.1, 0.15) is 6.42 Å². The van der Waals surface area contributed by atoms with Gasteiger partial charge in [-0.25, -0.2) is 0 Å². The van der Waals surface area contributed by atoms with Gasteiger partial charge in [-0.15, -0.1) is 0 Å². The fourth-order valence-electron chi connectivity index (χ4n) is 0.851. The zero-order valence-corrected chi connectivity index (χ0v) is 7.35.